The van der Waals surface area contributed by atoms with E-state index >= 15 is 0 Å². The van der Waals surface area contributed by atoms with E-state index in [0.717, 1.165) is 6.07 Å². The summed E-state index contributed by atoms with van der Waals surface area (Å²) in [5.41, 5.74) is -1.16. The SMILES string of the molecule is CC1C(N(C)c2nc(Cl)nc3cc(Br)c(C(F)(F)F)cc23)CCN1C(=O)OC(C)(C)C. The number of fused-ring (bicyclic) bond motifs is 1. The second-order valence-corrected chi connectivity index (χ2v) is 9.74. The van der Waals surface area contributed by atoms with Crippen LogP contribution in [-0.4, -0.2) is 52.2 Å². The average Bonchev–Trinajstić information content (AvgIpc) is 2.98. The number of nitrogens with zero attached hydrogens (tertiary/aromatic N) is 4. The quantitative estimate of drug-likeness (QED) is 0.459. The van der Waals surface area contributed by atoms with Crippen molar-refractivity contribution >= 4 is 50.3 Å². The smallest absolute Gasteiger partial charge is 0.417 e. The summed E-state index contributed by atoms with van der Waals surface area (Å²) in [6.07, 6.45) is -4.37. The first-order valence-corrected chi connectivity index (χ1v) is 10.8. The van der Waals surface area contributed by atoms with E-state index < -0.39 is 23.4 Å². The molecule has 2 atom stereocenters. The number of halogens is 5. The third-order valence-electron chi connectivity index (χ3n) is 5.22. The highest BCUT2D eigenvalue weighted by Gasteiger charge is 2.39. The van der Waals surface area contributed by atoms with Crippen LogP contribution in [0.4, 0.5) is 23.8 Å². The number of carbonyl (C=O) groups is 1. The largest absolute Gasteiger partial charge is 0.444 e. The van der Waals surface area contributed by atoms with Crippen LogP contribution in [0, 0.1) is 0 Å². The van der Waals surface area contributed by atoms with E-state index in [1.807, 2.05) is 6.92 Å². The van der Waals surface area contributed by atoms with Gasteiger partial charge in [0.05, 0.1) is 23.2 Å². The van der Waals surface area contributed by atoms with E-state index in [2.05, 4.69) is 25.9 Å². The Morgan fingerprint density at radius 2 is 1.94 bits per heavy atom. The molecule has 2 heterocycles. The van der Waals surface area contributed by atoms with Crippen molar-refractivity contribution in [3.63, 3.8) is 0 Å². The molecule has 0 spiro atoms. The Labute approximate surface area is 191 Å². The van der Waals surface area contributed by atoms with Gasteiger partial charge in [0.15, 0.2) is 0 Å². The van der Waals surface area contributed by atoms with Crippen LogP contribution in [0.5, 0.6) is 0 Å². The molecule has 1 aliphatic heterocycles. The van der Waals surface area contributed by atoms with E-state index in [0.29, 0.717) is 13.0 Å². The fourth-order valence-corrected chi connectivity index (χ4v) is 4.50. The van der Waals surface area contributed by atoms with Crippen LogP contribution in [0.3, 0.4) is 0 Å². The van der Waals surface area contributed by atoms with Crippen molar-refractivity contribution in [2.75, 3.05) is 18.5 Å². The van der Waals surface area contributed by atoms with E-state index in [1.165, 1.54) is 6.07 Å². The van der Waals surface area contributed by atoms with Gasteiger partial charge in [0.2, 0.25) is 5.28 Å². The molecule has 11 heteroatoms. The van der Waals surface area contributed by atoms with Crippen LogP contribution in [0.1, 0.15) is 39.7 Å². The summed E-state index contributed by atoms with van der Waals surface area (Å²) in [5, 5.41) is 0.154. The summed E-state index contributed by atoms with van der Waals surface area (Å²) < 4.78 is 45.7. The van der Waals surface area contributed by atoms with Gasteiger partial charge in [-0.2, -0.15) is 18.2 Å². The molecule has 0 saturated carbocycles. The summed E-state index contributed by atoms with van der Waals surface area (Å²) in [5.74, 6) is 0.274. The first kappa shape index (κ1) is 23.8. The maximum Gasteiger partial charge on any atom is 0.417 e. The molecule has 0 N–H and O–H groups in total. The van der Waals surface area contributed by atoms with Gasteiger partial charge in [0.1, 0.15) is 11.4 Å². The molecular formula is C20H23BrClF3N4O2. The molecule has 6 nitrogen and oxygen atoms in total. The van der Waals surface area contributed by atoms with E-state index in [9.17, 15) is 18.0 Å². The van der Waals surface area contributed by atoms with E-state index in [4.69, 9.17) is 16.3 Å². The summed E-state index contributed by atoms with van der Waals surface area (Å²) in [4.78, 5) is 24.2. The number of aromatic nitrogens is 2. The van der Waals surface area contributed by atoms with Gasteiger partial charge >= 0.3 is 12.3 Å². The minimum Gasteiger partial charge on any atom is -0.444 e. The predicted octanol–water partition coefficient (Wildman–Crippen LogP) is 5.90. The second-order valence-electron chi connectivity index (χ2n) is 8.54. The minimum atomic E-state index is -4.54. The van der Waals surface area contributed by atoms with Crippen molar-refractivity contribution in [1.82, 2.24) is 14.9 Å². The number of hydrogen-bond acceptors (Lipinski definition) is 5. The van der Waals surface area contributed by atoms with Gasteiger partial charge in [-0.05, 0) is 57.8 Å². The molecule has 1 aromatic carbocycles. The molecule has 2 unspecified atom stereocenters. The Morgan fingerprint density at radius 1 is 1.29 bits per heavy atom. The number of ether oxygens (including phenoxy) is 1. The number of alkyl halides is 3. The van der Waals surface area contributed by atoms with Crippen LogP contribution in [0.15, 0.2) is 16.6 Å². The zero-order chi connectivity index (χ0) is 23.3. The normalized spacial score (nSPS) is 19.7. The fraction of sp³-hybridized carbons (Fsp3) is 0.550. The van der Waals surface area contributed by atoms with Crippen molar-refractivity contribution in [3.8, 4) is 0 Å². The van der Waals surface area contributed by atoms with Crippen LogP contribution < -0.4 is 4.90 Å². The van der Waals surface area contributed by atoms with Gasteiger partial charge in [-0.15, -0.1) is 0 Å². The lowest BCUT2D eigenvalue weighted by Gasteiger charge is -2.33. The molecule has 1 fully saturated rings. The molecule has 0 aliphatic carbocycles. The van der Waals surface area contributed by atoms with Crippen molar-refractivity contribution in [1.29, 1.82) is 0 Å². The topological polar surface area (TPSA) is 58.6 Å². The van der Waals surface area contributed by atoms with Gasteiger partial charge in [0.25, 0.3) is 0 Å². The summed E-state index contributed by atoms with van der Waals surface area (Å²) in [6.45, 7) is 7.71. The van der Waals surface area contributed by atoms with Crippen molar-refractivity contribution in [2.24, 2.45) is 0 Å². The molecule has 0 radical (unpaired) electrons. The molecular weight excluding hydrogens is 501 g/mol. The number of anilines is 1. The molecule has 1 saturated heterocycles. The first-order valence-electron chi connectivity index (χ1n) is 9.65. The molecule has 2 aromatic rings. The third kappa shape index (κ3) is 5.00. The molecule has 1 aliphatic rings. The first-order chi connectivity index (χ1) is 14.2. The van der Waals surface area contributed by atoms with Crippen molar-refractivity contribution in [2.45, 2.75) is 58.0 Å². The predicted molar refractivity (Wildman–Crippen MR) is 116 cm³/mol. The van der Waals surface area contributed by atoms with Gasteiger partial charge in [-0.3, -0.25) is 0 Å². The van der Waals surface area contributed by atoms with Crippen molar-refractivity contribution in [3.05, 3.63) is 27.5 Å². The standard InChI is InChI=1S/C20H23BrClF3N4O2/c1-10-15(6-7-29(10)18(30)31-19(2,3)4)28(5)16-11-8-12(20(23,24)25)13(21)9-14(11)26-17(22)27-16/h8-10,15H,6-7H2,1-5H3. The Kier molecular flexibility index (Phi) is 6.36. The lowest BCUT2D eigenvalue weighted by atomic mass is 10.1. The zero-order valence-corrected chi connectivity index (χ0v) is 20.1. The summed E-state index contributed by atoms with van der Waals surface area (Å²) >= 11 is 9.04. The van der Waals surface area contributed by atoms with Gasteiger partial charge in [0, 0.05) is 23.5 Å². The molecule has 3 rings (SSSR count). The highest BCUT2D eigenvalue weighted by Crippen LogP contribution is 2.40. The van der Waals surface area contributed by atoms with Gasteiger partial charge in [-0.1, -0.05) is 15.9 Å². The van der Waals surface area contributed by atoms with Crippen LogP contribution >= 0.6 is 27.5 Å². The molecule has 0 bridgehead atoms. The lowest BCUT2D eigenvalue weighted by Crippen LogP contribution is -2.45. The van der Waals surface area contributed by atoms with Crippen LogP contribution in [0.25, 0.3) is 10.9 Å². The highest BCUT2D eigenvalue weighted by atomic mass is 79.9. The number of carbonyl (C=O) groups excluding carboxylic acids is 1. The van der Waals surface area contributed by atoms with Gasteiger partial charge < -0.3 is 14.5 Å². The number of hydrogen-bond donors (Lipinski definition) is 0. The number of amides is 1. The maximum absolute atomic E-state index is 13.5. The number of rotatable bonds is 2. The number of likely N-dealkylation sites (tertiary alicyclic amines) is 1. The van der Waals surface area contributed by atoms with E-state index in [-0.39, 0.29) is 38.6 Å². The highest BCUT2D eigenvalue weighted by molar-refractivity contribution is 9.10. The Hall–Kier alpha value is -1.81. The maximum atomic E-state index is 13.5. The Morgan fingerprint density at radius 3 is 2.52 bits per heavy atom. The molecule has 31 heavy (non-hydrogen) atoms. The Bertz CT molecular complexity index is 1010. The minimum absolute atomic E-state index is 0.0735. The fourth-order valence-electron chi connectivity index (χ4n) is 3.77. The lowest BCUT2D eigenvalue weighted by molar-refractivity contribution is -0.138. The average molecular weight is 524 g/mol. The number of benzene rings is 1. The third-order valence-corrected chi connectivity index (χ3v) is 6.04. The molecule has 1 amide bonds. The van der Waals surface area contributed by atoms with Crippen molar-refractivity contribution < 1.29 is 22.7 Å². The van der Waals surface area contributed by atoms with Gasteiger partial charge in [-0.25, -0.2) is 9.78 Å². The second kappa shape index (κ2) is 8.27. The van der Waals surface area contributed by atoms with Crippen LogP contribution in [-0.2, 0) is 10.9 Å². The molecule has 1 aromatic heterocycles. The zero-order valence-electron chi connectivity index (χ0n) is 17.7. The van der Waals surface area contributed by atoms with Crippen LogP contribution in [0.2, 0.25) is 5.28 Å². The molecule has 170 valence electrons. The van der Waals surface area contributed by atoms with E-state index in [1.54, 1.807) is 37.6 Å². The number of likely N-dealkylation sites (N-methyl/N-ethyl adjacent to an activating group) is 1. The summed E-state index contributed by atoms with van der Waals surface area (Å²) in [7, 11) is 1.73. The Balaban J connectivity index is 1.99. The monoisotopic (exact) mass is 522 g/mol. The summed E-state index contributed by atoms with van der Waals surface area (Å²) in [6, 6.07) is 1.86.